The molecule has 19 heavy (non-hydrogen) atoms. The molecule has 108 valence electrons. The van der Waals surface area contributed by atoms with Crippen LogP contribution in [0.15, 0.2) is 23.1 Å². The fourth-order valence-electron chi connectivity index (χ4n) is 1.85. The number of alkyl halides is 1. The Labute approximate surface area is 125 Å². The Balaban J connectivity index is 3.22. The molecule has 0 bridgehead atoms. The van der Waals surface area contributed by atoms with Crippen molar-refractivity contribution >= 4 is 33.2 Å². The summed E-state index contributed by atoms with van der Waals surface area (Å²) in [4.78, 5) is 0.216. The van der Waals surface area contributed by atoms with Gasteiger partial charge in [-0.1, -0.05) is 31.5 Å². The lowest BCUT2D eigenvalue weighted by atomic mass is 10.2. The first-order valence-electron chi connectivity index (χ1n) is 6.24. The highest BCUT2D eigenvalue weighted by molar-refractivity contribution is 7.89. The molecule has 3 nitrogen and oxygen atoms in total. The third kappa shape index (κ3) is 3.63. The van der Waals surface area contributed by atoms with E-state index in [9.17, 15) is 8.42 Å². The van der Waals surface area contributed by atoms with E-state index < -0.39 is 10.0 Å². The van der Waals surface area contributed by atoms with Crippen LogP contribution >= 0.6 is 23.2 Å². The van der Waals surface area contributed by atoms with Crippen molar-refractivity contribution in [2.24, 2.45) is 0 Å². The number of halogens is 2. The van der Waals surface area contributed by atoms with Gasteiger partial charge in [-0.15, -0.1) is 11.6 Å². The van der Waals surface area contributed by atoms with Gasteiger partial charge in [-0.2, -0.15) is 4.31 Å². The normalized spacial score (nSPS) is 13.8. The van der Waals surface area contributed by atoms with Gasteiger partial charge in [0.1, 0.15) is 0 Å². The smallest absolute Gasteiger partial charge is 0.207 e. The van der Waals surface area contributed by atoms with Gasteiger partial charge >= 0.3 is 0 Å². The molecule has 0 saturated heterocycles. The molecule has 0 aliphatic heterocycles. The van der Waals surface area contributed by atoms with E-state index in [2.05, 4.69) is 0 Å². The molecule has 1 aromatic rings. The second-order valence-electron chi connectivity index (χ2n) is 4.35. The highest BCUT2D eigenvalue weighted by Gasteiger charge is 2.27. The molecule has 0 heterocycles. The van der Waals surface area contributed by atoms with Gasteiger partial charge in [-0.25, -0.2) is 8.42 Å². The zero-order valence-corrected chi connectivity index (χ0v) is 13.7. The molecule has 0 aromatic heterocycles. The van der Waals surface area contributed by atoms with E-state index in [0.717, 1.165) is 12.0 Å². The summed E-state index contributed by atoms with van der Waals surface area (Å²) < 4.78 is 26.6. The summed E-state index contributed by atoms with van der Waals surface area (Å²) in [5.41, 5.74) is 0.730. The summed E-state index contributed by atoms with van der Waals surface area (Å²) in [5, 5.41) is 0.385. The van der Waals surface area contributed by atoms with Crippen molar-refractivity contribution in [1.82, 2.24) is 4.31 Å². The van der Waals surface area contributed by atoms with Gasteiger partial charge in [-0.3, -0.25) is 0 Å². The molecule has 0 spiro atoms. The number of hydrogen-bond donors (Lipinski definition) is 0. The van der Waals surface area contributed by atoms with Crippen molar-refractivity contribution in [1.29, 1.82) is 0 Å². The maximum absolute atomic E-state index is 12.5. The third-order valence-corrected chi connectivity index (χ3v) is 5.89. The lowest BCUT2D eigenvalue weighted by Gasteiger charge is -2.26. The first-order chi connectivity index (χ1) is 8.88. The predicted molar refractivity (Wildman–Crippen MR) is 80.3 cm³/mol. The molecule has 0 fully saturated rings. The molecule has 0 aliphatic carbocycles. The fourth-order valence-corrected chi connectivity index (χ4v) is 4.21. The SMILES string of the molecule is CCC(C)N(CC)S(=O)(=O)c1ccc(CCl)c(Cl)c1. The minimum Gasteiger partial charge on any atom is -0.207 e. The van der Waals surface area contributed by atoms with E-state index in [1.54, 1.807) is 12.1 Å². The van der Waals surface area contributed by atoms with Crippen LogP contribution in [0.25, 0.3) is 0 Å². The molecule has 1 atom stereocenters. The highest BCUT2D eigenvalue weighted by atomic mass is 35.5. The first kappa shape index (κ1) is 16.8. The molecule has 1 aromatic carbocycles. The zero-order chi connectivity index (χ0) is 14.6. The molecule has 1 unspecified atom stereocenters. The molecule has 0 saturated carbocycles. The quantitative estimate of drug-likeness (QED) is 0.745. The highest BCUT2D eigenvalue weighted by Crippen LogP contribution is 2.25. The minimum atomic E-state index is -3.50. The molecule has 0 N–H and O–H groups in total. The molecular formula is C13H19Cl2NO2S. The van der Waals surface area contributed by atoms with Crippen LogP contribution in [0.2, 0.25) is 5.02 Å². The van der Waals surface area contributed by atoms with Gasteiger partial charge in [0.2, 0.25) is 10.0 Å². The standard InChI is InChI=1S/C13H19Cl2NO2S/c1-4-10(3)16(5-2)19(17,18)12-7-6-11(9-14)13(15)8-12/h6-8,10H,4-5,9H2,1-3H3. The molecule has 1 rings (SSSR count). The average Bonchev–Trinajstić information content (AvgIpc) is 2.38. The van der Waals surface area contributed by atoms with Gasteiger partial charge in [0, 0.05) is 23.5 Å². The van der Waals surface area contributed by atoms with Crippen LogP contribution in [0.4, 0.5) is 0 Å². The minimum absolute atomic E-state index is 0.0403. The van der Waals surface area contributed by atoms with E-state index in [1.165, 1.54) is 10.4 Å². The van der Waals surface area contributed by atoms with Gasteiger partial charge in [-0.05, 0) is 31.0 Å². The number of benzene rings is 1. The number of nitrogens with zero attached hydrogens (tertiary/aromatic N) is 1. The number of sulfonamides is 1. The second kappa shape index (κ2) is 6.93. The van der Waals surface area contributed by atoms with Crippen molar-refractivity contribution in [3.63, 3.8) is 0 Å². The lowest BCUT2D eigenvalue weighted by Crippen LogP contribution is -2.38. The van der Waals surface area contributed by atoms with Crippen molar-refractivity contribution in [3.05, 3.63) is 28.8 Å². The number of hydrogen-bond acceptors (Lipinski definition) is 2. The third-order valence-electron chi connectivity index (χ3n) is 3.17. The Morgan fingerprint density at radius 2 is 1.95 bits per heavy atom. The number of rotatable bonds is 6. The maximum atomic E-state index is 12.5. The first-order valence-corrected chi connectivity index (χ1v) is 8.59. The monoisotopic (exact) mass is 323 g/mol. The Hall–Kier alpha value is -0.290. The van der Waals surface area contributed by atoms with Gasteiger partial charge in [0.05, 0.1) is 4.90 Å². The van der Waals surface area contributed by atoms with Crippen LogP contribution in [0.1, 0.15) is 32.8 Å². The average molecular weight is 324 g/mol. The molecule has 0 aliphatic rings. The summed E-state index contributed by atoms with van der Waals surface area (Å²) in [7, 11) is -3.50. The summed E-state index contributed by atoms with van der Waals surface area (Å²) in [6.45, 7) is 6.13. The predicted octanol–water partition coefficient (Wildman–Crippen LogP) is 3.89. The van der Waals surface area contributed by atoms with E-state index in [0.29, 0.717) is 11.6 Å². The Morgan fingerprint density at radius 3 is 2.37 bits per heavy atom. The van der Waals surface area contributed by atoms with Crippen molar-refractivity contribution in [3.8, 4) is 0 Å². The summed E-state index contributed by atoms with van der Waals surface area (Å²) in [5.74, 6) is 0.266. The Morgan fingerprint density at radius 1 is 1.32 bits per heavy atom. The second-order valence-corrected chi connectivity index (χ2v) is 6.92. The zero-order valence-electron chi connectivity index (χ0n) is 11.4. The van der Waals surface area contributed by atoms with Crippen LogP contribution < -0.4 is 0 Å². The topological polar surface area (TPSA) is 37.4 Å². The summed E-state index contributed by atoms with van der Waals surface area (Å²) in [6.07, 6.45) is 0.764. The van der Waals surface area contributed by atoms with E-state index in [1.807, 2.05) is 20.8 Å². The lowest BCUT2D eigenvalue weighted by molar-refractivity contribution is 0.342. The fraction of sp³-hybridized carbons (Fsp3) is 0.538. The van der Waals surface area contributed by atoms with E-state index in [4.69, 9.17) is 23.2 Å². The van der Waals surface area contributed by atoms with Crippen molar-refractivity contribution in [2.75, 3.05) is 6.54 Å². The van der Waals surface area contributed by atoms with Crippen LogP contribution in [0, 0.1) is 0 Å². The van der Waals surface area contributed by atoms with Crippen LogP contribution in [0.5, 0.6) is 0 Å². The summed E-state index contributed by atoms with van der Waals surface area (Å²) in [6, 6.07) is 4.65. The molecule has 6 heteroatoms. The van der Waals surface area contributed by atoms with Gasteiger partial charge in [0.25, 0.3) is 0 Å². The molecular weight excluding hydrogens is 305 g/mol. The van der Waals surface area contributed by atoms with E-state index in [-0.39, 0.29) is 16.8 Å². The van der Waals surface area contributed by atoms with Crippen LogP contribution in [-0.2, 0) is 15.9 Å². The Kier molecular flexibility index (Phi) is 6.12. The largest absolute Gasteiger partial charge is 0.243 e. The van der Waals surface area contributed by atoms with Crippen LogP contribution in [0.3, 0.4) is 0 Å². The molecule has 0 radical (unpaired) electrons. The van der Waals surface area contributed by atoms with Crippen LogP contribution in [-0.4, -0.2) is 25.3 Å². The maximum Gasteiger partial charge on any atom is 0.243 e. The van der Waals surface area contributed by atoms with Crippen molar-refractivity contribution < 1.29 is 8.42 Å². The van der Waals surface area contributed by atoms with Crippen molar-refractivity contribution in [2.45, 2.75) is 44.0 Å². The summed E-state index contributed by atoms with van der Waals surface area (Å²) >= 11 is 11.7. The Bertz CT molecular complexity index is 531. The van der Waals surface area contributed by atoms with Gasteiger partial charge < -0.3 is 0 Å². The van der Waals surface area contributed by atoms with E-state index >= 15 is 0 Å². The van der Waals surface area contributed by atoms with Gasteiger partial charge in [0.15, 0.2) is 0 Å². The molecule has 0 amide bonds.